The van der Waals surface area contributed by atoms with Gasteiger partial charge in [0.25, 0.3) is 0 Å². The minimum atomic E-state index is 0. The number of hydrogen-bond acceptors (Lipinski definition) is 20. The molecule has 0 amide bonds. The largest absolute Gasteiger partial charge is 1.00 e. The van der Waals surface area contributed by atoms with Crippen LogP contribution in [0.25, 0.3) is 21.8 Å². The molecule has 0 fully saturated rings. The molecule has 5 N–H and O–H groups in total. The number of methoxy groups -OCH3 is 3. The predicted octanol–water partition coefficient (Wildman–Crippen LogP) is 2.38. The second-order valence-electron chi connectivity index (χ2n) is 11.7. The molecule has 0 radical (unpaired) electrons. The molecule has 0 atom stereocenters. The Morgan fingerprint density at radius 1 is 0.556 bits per heavy atom. The molecule has 0 aliphatic heterocycles. The molecule has 0 spiro atoms. The smallest absolute Gasteiger partial charge is 0.857 e. The van der Waals surface area contributed by atoms with Crippen molar-refractivity contribution < 1.29 is 48.9 Å². The van der Waals surface area contributed by atoms with Crippen molar-refractivity contribution in [2.75, 3.05) is 64.2 Å². The fourth-order valence-corrected chi connectivity index (χ4v) is 5.00. The van der Waals surface area contributed by atoms with Gasteiger partial charge in [-0.3, -0.25) is 0 Å². The average Bonchev–Trinajstić information content (AvgIpc) is 3.31. The van der Waals surface area contributed by atoms with E-state index in [1.54, 1.807) is 63.7 Å². The van der Waals surface area contributed by atoms with Crippen molar-refractivity contribution >= 4 is 74.1 Å². The Kier molecular flexibility index (Phi) is 23.6. The van der Waals surface area contributed by atoms with Gasteiger partial charge in [-0.2, -0.15) is 7.11 Å². The second-order valence-corrected chi connectivity index (χ2v) is 12.4. The van der Waals surface area contributed by atoms with Crippen LogP contribution in [0.15, 0.2) is 97.1 Å². The number of fused-ring (bicyclic) bond motifs is 2. The number of hydrogen-bond donors (Lipinski definition) is 3. The average molecular weight is 908 g/mol. The molecular formula is C40H45Cl2N16NaO4. The van der Waals surface area contributed by atoms with Crippen molar-refractivity contribution in [1.29, 1.82) is 0 Å². The van der Waals surface area contributed by atoms with Gasteiger partial charge >= 0.3 is 29.6 Å². The van der Waals surface area contributed by atoms with E-state index in [9.17, 15) is 0 Å². The van der Waals surface area contributed by atoms with Gasteiger partial charge in [0.05, 0.1) is 32.4 Å². The molecule has 20 nitrogen and oxygen atoms in total. The summed E-state index contributed by atoms with van der Waals surface area (Å²) in [6.45, 7) is 3.71. The number of nitrogens with two attached hydrogens (primary N) is 2. The molecule has 0 saturated carbocycles. The third-order valence-corrected chi connectivity index (χ3v) is 7.98. The third kappa shape index (κ3) is 17.5. The van der Waals surface area contributed by atoms with E-state index in [-0.39, 0.29) is 29.6 Å². The first-order valence-electron chi connectivity index (χ1n) is 18.0. The SMILES string of the molecule is CNc1ccc(OC)nn1.COc1ccc(N(C)c2nc(C)nc3ccccc23)nn1.COc1ccc(N)nn1.C[O-].Cc1nc(Cl)c2ccccc2n1.Nc1ccc(Cl)nn1.[Na+]. The van der Waals surface area contributed by atoms with Gasteiger partial charge in [0.15, 0.2) is 11.0 Å². The van der Waals surface area contributed by atoms with Crippen molar-refractivity contribution in [3.05, 3.63) is 119 Å². The Bertz CT molecular complexity index is 2490. The Labute approximate surface area is 396 Å². The number of para-hydroxylation sites is 2. The molecule has 8 rings (SSSR count). The molecule has 0 bridgehead atoms. The summed E-state index contributed by atoms with van der Waals surface area (Å²) in [5.74, 6) is 5.93. The molecular weight excluding hydrogens is 862 g/mol. The van der Waals surface area contributed by atoms with Gasteiger partial charge in [-0.25, -0.2) is 19.9 Å². The zero-order valence-corrected chi connectivity index (χ0v) is 39.6. The Hall–Kier alpha value is -6.42. The van der Waals surface area contributed by atoms with Crippen LogP contribution in [0.3, 0.4) is 0 Å². The second kappa shape index (κ2) is 28.2. The summed E-state index contributed by atoms with van der Waals surface area (Å²) in [6, 6.07) is 29.2. The van der Waals surface area contributed by atoms with Gasteiger partial charge in [-0.15, -0.1) is 40.8 Å². The summed E-state index contributed by atoms with van der Waals surface area (Å²) in [7, 11) is 9.10. The molecule has 0 aliphatic carbocycles. The molecule has 0 aliphatic rings. The zero-order valence-electron chi connectivity index (χ0n) is 36.1. The fraction of sp³-hybridized carbons (Fsp3) is 0.200. The van der Waals surface area contributed by atoms with Crippen LogP contribution >= 0.6 is 23.2 Å². The standard InChI is InChI=1S/C15H15N5O.C9H7ClN2.C6H9N3O.C5H7N3O.C4H4ClN3.CH3O.Na/c1-10-16-12-7-5-4-6-11(12)15(17-10)20(2)13-8-9-14(21-3)19-18-13;1-6-11-8-5-3-2-4-7(8)9(10)12-6;1-7-5-3-4-6(10-2)9-8-5;1-9-5-3-2-4(6)7-8-5;5-3-1-2-4(6)8-7-3;1-2;/h4-9H,1-3H3;2-5H,1H3;3-4H,1-2H3,(H,7,8);2-3H,1H3,(H2,6,7);1-2H,(H2,6,8);1H3;/q;;;;;-1;+1. The van der Waals surface area contributed by atoms with Crippen LogP contribution < -0.4 is 70.6 Å². The van der Waals surface area contributed by atoms with Crippen molar-refractivity contribution in [1.82, 2.24) is 60.7 Å². The van der Waals surface area contributed by atoms with Crippen molar-refractivity contribution in [3.8, 4) is 17.6 Å². The zero-order chi connectivity index (χ0) is 45.4. The number of rotatable bonds is 6. The molecule has 23 heteroatoms. The number of anilines is 5. The first-order chi connectivity index (χ1) is 29.9. The van der Waals surface area contributed by atoms with Crippen LogP contribution in [0.1, 0.15) is 11.6 Å². The monoisotopic (exact) mass is 906 g/mol. The minimum Gasteiger partial charge on any atom is -0.857 e. The Balaban J connectivity index is 0.000000282. The Morgan fingerprint density at radius 2 is 1.03 bits per heavy atom. The van der Waals surface area contributed by atoms with Gasteiger partial charge < -0.3 is 41.0 Å². The number of nitrogens with zero attached hydrogens (tertiary/aromatic N) is 13. The summed E-state index contributed by atoms with van der Waals surface area (Å²) in [6.07, 6.45) is 0. The first-order valence-corrected chi connectivity index (χ1v) is 18.8. The maximum absolute atomic E-state index is 8.25. The van der Waals surface area contributed by atoms with Gasteiger partial charge in [-0.1, -0.05) is 47.5 Å². The van der Waals surface area contributed by atoms with Gasteiger partial charge in [-0.05, 0) is 68.4 Å². The van der Waals surface area contributed by atoms with E-state index < -0.39 is 0 Å². The van der Waals surface area contributed by atoms with E-state index in [1.165, 1.54) is 7.11 Å². The van der Waals surface area contributed by atoms with Gasteiger partial charge in [0, 0.05) is 43.1 Å². The van der Waals surface area contributed by atoms with E-state index in [1.807, 2.05) is 80.4 Å². The maximum atomic E-state index is 8.25. The quantitative estimate of drug-likeness (QED) is 0.160. The number of nitrogens with one attached hydrogen (secondary N) is 1. The minimum absolute atomic E-state index is 0. The summed E-state index contributed by atoms with van der Waals surface area (Å²) in [5.41, 5.74) is 12.3. The number of halogens is 2. The number of aryl methyl sites for hydroxylation is 2. The summed E-state index contributed by atoms with van der Waals surface area (Å²) in [5, 5.41) is 43.6. The summed E-state index contributed by atoms with van der Waals surface area (Å²) in [4.78, 5) is 19.2. The van der Waals surface area contributed by atoms with Crippen LogP contribution in [-0.4, -0.2) is 103 Å². The van der Waals surface area contributed by atoms with Gasteiger partial charge in [0.2, 0.25) is 17.6 Å². The van der Waals surface area contributed by atoms with Crippen LogP contribution in [-0.2, 0) is 0 Å². The predicted molar refractivity (Wildman–Crippen MR) is 239 cm³/mol. The molecule has 0 saturated heterocycles. The fourth-order valence-electron chi connectivity index (χ4n) is 4.61. The van der Waals surface area contributed by atoms with Gasteiger partial charge in [0.1, 0.15) is 40.1 Å². The molecule has 63 heavy (non-hydrogen) atoms. The molecule has 324 valence electrons. The number of aromatic nitrogens is 12. The Morgan fingerprint density at radius 3 is 1.49 bits per heavy atom. The van der Waals surface area contributed by atoms with Crippen LogP contribution in [0.2, 0.25) is 10.3 Å². The molecule has 6 heterocycles. The van der Waals surface area contributed by atoms with Crippen molar-refractivity contribution in [3.63, 3.8) is 0 Å². The van der Waals surface area contributed by atoms with E-state index in [2.05, 4.69) is 66.0 Å². The first kappa shape index (κ1) is 52.7. The number of benzene rings is 2. The maximum Gasteiger partial charge on any atom is 1.00 e. The van der Waals surface area contributed by atoms with Crippen LogP contribution in [0, 0.1) is 13.8 Å². The van der Waals surface area contributed by atoms with Crippen LogP contribution in [0.5, 0.6) is 17.6 Å². The number of ether oxygens (including phenoxy) is 3. The van der Waals surface area contributed by atoms with E-state index in [0.29, 0.717) is 51.2 Å². The van der Waals surface area contributed by atoms with E-state index in [0.717, 1.165) is 46.4 Å². The molecule has 0 unspecified atom stereocenters. The number of nitrogen functional groups attached to an aromatic ring is 2. The normalized spacial score (nSPS) is 9.51. The summed E-state index contributed by atoms with van der Waals surface area (Å²) < 4.78 is 14.6. The molecule has 6 aromatic heterocycles. The van der Waals surface area contributed by atoms with Crippen molar-refractivity contribution in [2.45, 2.75) is 13.8 Å². The van der Waals surface area contributed by atoms with Crippen LogP contribution in [0.4, 0.5) is 29.1 Å². The van der Waals surface area contributed by atoms with E-state index >= 15 is 0 Å². The third-order valence-electron chi connectivity index (χ3n) is 7.49. The molecule has 2 aromatic carbocycles. The molecule has 8 aromatic rings. The summed E-state index contributed by atoms with van der Waals surface area (Å²) >= 11 is 11.3. The van der Waals surface area contributed by atoms with E-state index in [4.69, 9.17) is 54.0 Å². The topological polar surface area (TPSA) is 273 Å². The van der Waals surface area contributed by atoms with Crippen molar-refractivity contribution in [2.24, 2.45) is 0 Å².